The van der Waals surface area contributed by atoms with Crippen LogP contribution in [0.5, 0.6) is 0 Å². The number of aliphatic hydroxyl groups is 1. The van der Waals surface area contributed by atoms with E-state index in [9.17, 15) is 19.5 Å². The zero-order chi connectivity index (χ0) is 19.4. The second-order valence-electron chi connectivity index (χ2n) is 5.98. The number of aromatic nitrogens is 1. The number of carbonyl (C=O) groups is 3. The first kappa shape index (κ1) is 18.2. The van der Waals surface area contributed by atoms with Crippen molar-refractivity contribution in [3.05, 3.63) is 53.6 Å². The van der Waals surface area contributed by atoms with Crippen LogP contribution in [-0.4, -0.2) is 51.1 Å². The summed E-state index contributed by atoms with van der Waals surface area (Å²) in [6.45, 7) is -0.118. The monoisotopic (exact) mass is 371 g/mol. The zero-order valence-electron chi connectivity index (χ0n) is 14.2. The van der Waals surface area contributed by atoms with E-state index in [1.54, 1.807) is 6.20 Å². The molecule has 2 amide bonds. The third-order valence-electron chi connectivity index (χ3n) is 4.13. The van der Waals surface area contributed by atoms with Crippen LogP contribution in [-0.2, 0) is 20.9 Å². The Bertz CT molecular complexity index is 886. The number of nitrogens with zero attached hydrogens (tertiary/aromatic N) is 2. The molecule has 9 heteroatoms. The molecule has 0 unspecified atom stereocenters. The lowest BCUT2D eigenvalue weighted by molar-refractivity contribution is -0.138. The van der Waals surface area contributed by atoms with Crippen LogP contribution in [0.15, 0.2) is 52.6 Å². The van der Waals surface area contributed by atoms with Crippen LogP contribution in [0.2, 0.25) is 0 Å². The van der Waals surface area contributed by atoms with Crippen LogP contribution in [0.4, 0.5) is 0 Å². The van der Waals surface area contributed by atoms with E-state index in [4.69, 9.17) is 9.63 Å². The van der Waals surface area contributed by atoms with Crippen molar-refractivity contribution in [1.82, 2.24) is 15.4 Å². The van der Waals surface area contributed by atoms with Crippen molar-refractivity contribution in [1.29, 1.82) is 0 Å². The first-order valence-electron chi connectivity index (χ1n) is 8.16. The number of carbonyl (C=O) groups excluding carboxylic acids is 2. The van der Waals surface area contributed by atoms with Crippen molar-refractivity contribution in [3.63, 3.8) is 0 Å². The number of amides is 2. The topological polar surface area (TPSA) is 133 Å². The highest BCUT2D eigenvalue weighted by Gasteiger charge is 2.32. The molecule has 2 heterocycles. The van der Waals surface area contributed by atoms with Crippen LogP contribution in [0, 0.1) is 0 Å². The quantitative estimate of drug-likeness (QED) is 0.647. The van der Waals surface area contributed by atoms with Gasteiger partial charge in [-0.1, -0.05) is 29.4 Å². The molecule has 27 heavy (non-hydrogen) atoms. The maximum absolute atomic E-state index is 12.6. The van der Waals surface area contributed by atoms with Crippen molar-refractivity contribution < 1.29 is 29.1 Å². The summed E-state index contributed by atoms with van der Waals surface area (Å²) < 4.78 is 4.81. The summed E-state index contributed by atoms with van der Waals surface area (Å²) in [5.41, 5.74) is 2.18. The van der Waals surface area contributed by atoms with E-state index in [1.807, 2.05) is 24.3 Å². The van der Waals surface area contributed by atoms with Gasteiger partial charge in [0, 0.05) is 25.1 Å². The van der Waals surface area contributed by atoms with Crippen LogP contribution in [0.25, 0.3) is 11.1 Å². The Morgan fingerprint density at radius 1 is 1.22 bits per heavy atom. The minimum atomic E-state index is -1.24. The second kappa shape index (κ2) is 7.73. The van der Waals surface area contributed by atoms with Gasteiger partial charge in [0.2, 0.25) is 0 Å². The number of aliphatic hydroxyl groups excluding tert-OH is 1. The van der Waals surface area contributed by atoms with Gasteiger partial charge in [-0.3, -0.25) is 14.4 Å². The molecule has 0 radical (unpaired) electrons. The third kappa shape index (κ3) is 4.14. The number of hydrogen-bond donors (Lipinski definition) is 3. The van der Waals surface area contributed by atoms with Gasteiger partial charge >= 0.3 is 5.97 Å². The average molecular weight is 371 g/mol. The molecule has 0 atom stereocenters. The van der Waals surface area contributed by atoms with E-state index in [0.717, 1.165) is 16.7 Å². The summed E-state index contributed by atoms with van der Waals surface area (Å²) in [4.78, 5) is 36.6. The highest BCUT2D eigenvalue weighted by atomic mass is 16.5. The molecular formula is C18H17N3O6. The maximum atomic E-state index is 12.6. The molecule has 1 aliphatic heterocycles. The molecule has 2 aromatic rings. The molecule has 0 aliphatic carbocycles. The van der Waals surface area contributed by atoms with Gasteiger partial charge in [0.25, 0.3) is 11.8 Å². The van der Waals surface area contributed by atoms with Crippen molar-refractivity contribution >= 4 is 17.8 Å². The van der Waals surface area contributed by atoms with E-state index >= 15 is 0 Å². The number of carboxylic acid groups (broad SMARTS) is 1. The Kier molecular flexibility index (Phi) is 5.20. The fourth-order valence-corrected chi connectivity index (χ4v) is 2.74. The fourth-order valence-electron chi connectivity index (χ4n) is 2.74. The lowest BCUT2D eigenvalue weighted by Gasteiger charge is -2.28. The Hall–Kier alpha value is -3.62. The fraction of sp³-hybridized carbons (Fsp3) is 0.222. The van der Waals surface area contributed by atoms with Crippen molar-refractivity contribution in [2.75, 3.05) is 13.1 Å². The first-order valence-corrected chi connectivity index (χ1v) is 8.16. The minimum Gasteiger partial charge on any atom is -0.511 e. The molecule has 3 N–H and O–H groups in total. The minimum absolute atomic E-state index is 0.125. The molecular weight excluding hydrogens is 354 g/mol. The first-order chi connectivity index (χ1) is 13.0. The molecule has 0 saturated carbocycles. The van der Waals surface area contributed by atoms with E-state index in [1.165, 1.54) is 11.2 Å². The van der Waals surface area contributed by atoms with Crippen LogP contribution in [0.1, 0.15) is 12.0 Å². The number of aliphatic carboxylic acids is 1. The standard InChI is InChI=1S/C18H17N3O6/c22-14-5-6-21(18(26)16(14)17(25)19-8-15(23)24)9-11-1-3-12(4-2-11)13-7-20-27-10-13/h1-4,7,10,22H,5-6,8-9H2,(H,19,25)(H,23,24). The molecule has 0 fully saturated rings. The van der Waals surface area contributed by atoms with Gasteiger partial charge in [-0.15, -0.1) is 0 Å². The molecule has 140 valence electrons. The van der Waals surface area contributed by atoms with Gasteiger partial charge in [-0.25, -0.2) is 0 Å². The van der Waals surface area contributed by atoms with Crippen LogP contribution >= 0.6 is 0 Å². The Morgan fingerprint density at radius 3 is 2.59 bits per heavy atom. The van der Waals surface area contributed by atoms with E-state index in [2.05, 4.69) is 10.5 Å². The van der Waals surface area contributed by atoms with Gasteiger partial charge in [0.05, 0.1) is 6.20 Å². The number of nitrogens with one attached hydrogen (secondary N) is 1. The molecule has 0 saturated heterocycles. The van der Waals surface area contributed by atoms with Gasteiger partial charge < -0.3 is 25.0 Å². The second-order valence-corrected chi connectivity index (χ2v) is 5.98. The largest absolute Gasteiger partial charge is 0.511 e. The summed E-state index contributed by atoms with van der Waals surface area (Å²) in [6.07, 6.45) is 3.25. The van der Waals surface area contributed by atoms with Gasteiger partial charge in [0.1, 0.15) is 24.1 Å². The number of benzene rings is 1. The van der Waals surface area contributed by atoms with E-state index in [-0.39, 0.29) is 25.3 Å². The molecule has 9 nitrogen and oxygen atoms in total. The third-order valence-corrected chi connectivity index (χ3v) is 4.13. The van der Waals surface area contributed by atoms with Gasteiger partial charge in [0.15, 0.2) is 0 Å². The molecule has 1 aliphatic rings. The maximum Gasteiger partial charge on any atom is 0.322 e. The predicted octanol–water partition coefficient (Wildman–Crippen LogP) is 1.09. The van der Waals surface area contributed by atoms with Crippen LogP contribution in [0.3, 0.4) is 0 Å². The van der Waals surface area contributed by atoms with Crippen molar-refractivity contribution in [2.24, 2.45) is 0 Å². The summed E-state index contributed by atoms with van der Waals surface area (Å²) in [5, 5.41) is 24.3. The Balaban J connectivity index is 1.70. The van der Waals surface area contributed by atoms with E-state index in [0.29, 0.717) is 0 Å². The number of carboxylic acids is 1. The number of rotatable bonds is 6. The summed E-state index contributed by atoms with van der Waals surface area (Å²) in [7, 11) is 0. The molecule has 1 aromatic carbocycles. The van der Waals surface area contributed by atoms with Crippen LogP contribution < -0.4 is 5.32 Å². The van der Waals surface area contributed by atoms with E-state index < -0.39 is 29.9 Å². The lowest BCUT2D eigenvalue weighted by Crippen LogP contribution is -2.43. The molecule has 0 spiro atoms. The Labute approximate surface area is 153 Å². The highest BCUT2D eigenvalue weighted by Crippen LogP contribution is 2.22. The summed E-state index contributed by atoms with van der Waals surface area (Å²) >= 11 is 0. The summed E-state index contributed by atoms with van der Waals surface area (Å²) in [6, 6.07) is 7.42. The highest BCUT2D eigenvalue weighted by molar-refractivity contribution is 6.19. The molecule has 3 rings (SSSR count). The normalized spacial score (nSPS) is 14.4. The average Bonchev–Trinajstić information content (AvgIpc) is 3.18. The smallest absolute Gasteiger partial charge is 0.322 e. The molecule has 0 bridgehead atoms. The summed E-state index contributed by atoms with van der Waals surface area (Å²) in [5.74, 6) is -3.10. The lowest BCUT2D eigenvalue weighted by atomic mass is 10.0. The van der Waals surface area contributed by atoms with Gasteiger partial charge in [-0.05, 0) is 11.1 Å². The molecule has 1 aromatic heterocycles. The SMILES string of the molecule is O=C(O)CNC(=O)C1=C(O)CCN(Cc2ccc(-c3cnoc3)cc2)C1=O. The zero-order valence-corrected chi connectivity index (χ0v) is 14.2. The predicted molar refractivity (Wildman–Crippen MR) is 92.3 cm³/mol. The van der Waals surface area contributed by atoms with Crippen molar-refractivity contribution in [2.45, 2.75) is 13.0 Å². The Morgan fingerprint density at radius 2 is 1.96 bits per heavy atom. The van der Waals surface area contributed by atoms with Gasteiger partial charge in [-0.2, -0.15) is 0 Å². The number of hydrogen-bond acceptors (Lipinski definition) is 6. The van der Waals surface area contributed by atoms with Crippen molar-refractivity contribution in [3.8, 4) is 11.1 Å².